The highest BCUT2D eigenvalue weighted by molar-refractivity contribution is 5.70. The molecule has 17 nitrogen and oxygen atoms in total. The maximum absolute atomic E-state index is 10.6. The summed E-state index contributed by atoms with van der Waals surface area (Å²) >= 11 is 0. The summed E-state index contributed by atoms with van der Waals surface area (Å²) in [4.78, 5) is 0. The minimum atomic E-state index is -1.85. The van der Waals surface area contributed by atoms with Crippen LogP contribution in [0.2, 0.25) is 0 Å². The van der Waals surface area contributed by atoms with Crippen LogP contribution in [0.3, 0.4) is 0 Å². The standard InChI is InChI=1S/C27H32O17/c28-6-16-19(34)21(36)23(38)26(43-16)41-14-4-9(30)3-13-10(14)5-15(25(40-13)8-1-11(31)18(33)12(32)2-8)42-27-24(39)22(37)20(35)17(7-29)44-27/h1-5,16-17,19-39H,6-7H2/p+1. The van der Waals surface area contributed by atoms with Crippen LogP contribution >= 0.6 is 0 Å². The first-order valence-electron chi connectivity index (χ1n) is 13.3. The number of phenolic OH excluding ortho intramolecular Hbond substituents is 4. The van der Waals surface area contributed by atoms with E-state index < -0.39 is 104 Å². The van der Waals surface area contributed by atoms with Crippen molar-refractivity contribution in [2.75, 3.05) is 13.2 Å². The van der Waals surface area contributed by atoms with Crippen molar-refractivity contribution in [2.45, 2.75) is 67.5 Å². The van der Waals surface area contributed by atoms with Gasteiger partial charge in [0.1, 0.15) is 65.9 Å². The maximum Gasteiger partial charge on any atom is 0.270 e. The molecule has 0 bridgehead atoms. The average molecular weight is 630 g/mol. The molecular formula is C27H33O17+. The van der Waals surface area contributed by atoms with E-state index >= 15 is 0 Å². The third kappa shape index (κ3) is 5.77. The minimum absolute atomic E-state index is 0.0165. The SMILES string of the molecule is OCC1OC(OC2=Cc3c(OC4OC(CO)C(O)C(O)C4O)cc(O)cc3[OH+]C2c2cc(O)c(O)c(O)c2)C(O)C(O)C1O. The van der Waals surface area contributed by atoms with Gasteiger partial charge in [-0.15, -0.1) is 0 Å². The molecule has 11 atom stereocenters. The monoisotopic (exact) mass is 629 g/mol. The molecule has 5 rings (SSSR count). The van der Waals surface area contributed by atoms with Crippen molar-refractivity contribution in [3.05, 3.63) is 41.2 Å². The molecule has 3 aliphatic heterocycles. The van der Waals surface area contributed by atoms with Gasteiger partial charge in [0.05, 0.1) is 24.8 Å². The predicted molar refractivity (Wildman–Crippen MR) is 141 cm³/mol. The number of ether oxygens (including phenoxy) is 5. The molecule has 2 aromatic rings. The van der Waals surface area contributed by atoms with E-state index in [1.807, 2.05) is 0 Å². The van der Waals surface area contributed by atoms with Gasteiger partial charge in [-0.25, -0.2) is 0 Å². The zero-order chi connectivity index (χ0) is 32.0. The van der Waals surface area contributed by atoms with Gasteiger partial charge in [-0.1, -0.05) is 0 Å². The number of fused-ring (bicyclic) bond motifs is 1. The molecule has 0 saturated carbocycles. The number of phenols is 4. The first-order chi connectivity index (χ1) is 20.8. The van der Waals surface area contributed by atoms with Crippen LogP contribution in [0, 0.1) is 0 Å². The Bertz CT molecular complexity index is 1360. The topological polar surface area (TPSA) is 292 Å². The fourth-order valence-electron chi connectivity index (χ4n) is 5.08. The molecule has 11 unspecified atom stereocenters. The van der Waals surface area contributed by atoms with Gasteiger partial charge >= 0.3 is 0 Å². The van der Waals surface area contributed by atoms with Crippen LogP contribution < -0.4 is 4.74 Å². The molecule has 3 heterocycles. The van der Waals surface area contributed by atoms with Crippen molar-refractivity contribution in [3.63, 3.8) is 0 Å². The van der Waals surface area contributed by atoms with Crippen LogP contribution in [-0.4, -0.2) is 141 Å². The third-order valence-electron chi connectivity index (χ3n) is 7.53. The van der Waals surface area contributed by atoms with Crippen LogP contribution in [0.4, 0.5) is 0 Å². The number of hydrogen-bond acceptors (Lipinski definition) is 16. The largest absolute Gasteiger partial charge is 0.571 e. The fraction of sp³-hybridized carbons (Fsp3) is 0.481. The second kappa shape index (κ2) is 12.4. The zero-order valence-corrected chi connectivity index (χ0v) is 22.6. The molecule has 44 heavy (non-hydrogen) atoms. The Hall–Kier alpha value is -3.62. The summed E-state index contributed by atoms with van der Waals surface area (Å²) in [6.45, 7) is -1.49. The lowest BCUT2D eigenvalue weighted by molar-refractivity contribution is -0.295. The summed E-state index contributed by atoms with van der Waals surface area (Å²) in [5, 5.41) is 121. The van der Waals surface area contributed by atoms with Crippen LogP contribution in [0.15, 0.2) is 30.0 Å². The van der Waals surface area contributed by atoms with Gasteiger partial charge < -0.3 is 85.0 Å². The quantitative estimate of drug-likeness (QED) is 0.106. The first kappa shape index (κ1) is 31.8. The molecule has 2 aromatic carbocycles. The lowest BCUT2D eigenvalue weighted by Crippen LogP contribution is -2.60. The number of rotatable bonds is 7. The number of aliphatic hydroxyl groups is 9. The molecule has 13 N–H and O–H groups in total. The van der Waals surface area contributed by atoms with Gasteiger partial charge in [-0.2, -0.15) is 0 Å². The second-order valence-corrected chi connectivity index (χ2v) is 10.5. The van der Waals surface area contributed by atoms with E-state index in [-0.39, 0.29) is 28.4 Å². The summed E-state index contributed by atoms with van der Waals surface area (Å²) in [6, 6.07) is 4.39. The predicted octanol–water partition coefficient (Wildman–Crippen LogP) is -3.16. The van der Waals surface area contributed by atoms with Gasteiger partial charge in [0.25, 0.3) is 11.9 Å². The van der Waals surface area contributed by atoms with Crippen LogP contribution in [0.25, 0.3) is 6.08 Å². The third-order valence-corrected chi connectivity index (χ3v) is 7.53. The van der Waals surface area contributed by atoms with E-state index in [4.69, 9.17) is 18.9 Å². The molecule has 0 radical (unpaired) electrons. The van der Waals surface area contributed by atoms with E-state index in [0.717, 1.165) is 18.2 Å². The Morgan fingerprint density at radius 1 is 0.659 bits per heavy atom. The Morgan fingerprint density at radius 3 is 1.70 bits per heavy atom. The van der Waals surface area contributed by atoms with E-state index in [9.17, 15) is 61.3 Å². The molecule has 17 heteroatoms. The number of aromatic hydroxyl groups is 5. The van der Waals surface area contributed by atoms with Crippen molar-refractivity contribution in [1.29, 1.82) is 0 Å². The summed E-state index contributed by atoms with van der Waals surface area (Å²) in [6.07, 6.45) is -16.6. The number of hydrogen-bond donors (Lipinski definition) is 12. The summed E-state index contributed by atoms with van der Waals surface area (Å²) in [5.74, 6) is -3.06. The molecule has 2 fully saturated rings. The molecule has 0 amide bonds. The number of aliphatic hydroxyl groups excluding tert-OH is 8. The Kier molecular flexibility index (Phi) is 8.96. The van der Waals surface area contributed by atoms with E-state index in [0.29, 0.717) is 0 Å². The molecular weight excluding hydrogens is 596 g/mol. The van der Waals surface area contributed by atoms with Gasteiger partial charge in [0.2, 0.25) is 12.6 Å². The summed E-state index contributed by atoms with van der Waals surface area (Å²) in [7, 11) is 0. The minimum Gasteiger partial charge on any atom is -0.571 e. The van der Waals surface area contributed by atoms with Crippen LogP contribution in [0.1, 0.15) is 17.2 Å². The van der Waals surface area contributed by atoms with Crippen molar-refractivity contribution in [3.8, 4) is 34.5 Å². The van der Waals surface area contributed by atoms with Crippen molar-refractivity contribution in [1.82, 2.24) is 0 Å². The molecule has 0 aromatic heterocycles. The summed E-state index contributed by atoms with van der Waals surface area (Å²) < 4.78 is 27.0. The first-order valence-corrected chi connectivity index (χ1v) is 13.3. The Labute approximate surface area is 247 Å². The van der Waals surface area contributed by atoms with E-state index in [1.165, 1.54) is 12.1 Å². The Morgan fingerprint density at radius 2 is 1.18 bits per heavy atom. The smallest absolute Gasteiger partial charge is 0.270 e. The molecule has 3 aliphatic rings. The van der Waals surface area contributed by atoms with Gasteiger partial charge in [0.15, 0.2) is 23.0 Å². The molecule has 242 valence electrons. The highest BCUT2D eigenvalue weighted by Crippen LogP contribution is 2.48. The van der Waals surface area contributed by atoms with E-state index in [1.54, 1.807) is 0 Å². The van der Waals surface area contributed by atoms with Gasteiger partial charge in [-0.05, 0) is 12.1 Å². The molecule has 0 aliphatic carbocycles. The normalized spacial score (nSPS) is 35.3. The van der Waals surface area contributed by atoms with Crippen molar-refractivity contribution < 1.29 is 85.0 Å². The van der Waals surface area contributed by atoms with Crippen LogP contribution in [-0.2, 0) is 14.2 Å². The lowest BCUT2D eigenvalue weighted by atomic mass is 9.98. The highest BCUT2D eigenvalue weighted by Gasteiger charge is 2.48. The van der Waals surface area contributed by atoms with Gasteiger partial charge in [-0.3, -0.25) is 0 Å². The average Bonchev–Trinajstić information content (AvgIpc) is 2.99. The zero-order valence-electron chi connectivity index (χ0n) is 22.6. The number of benzene rings is 2. The van der Waals surface area contributed by atoms with Crippen molar-refractivity contribution >= 4 is 6.08 Å². The fourth-order valence-corrected chi connectivity index (χ4v) is 5.08. The van der Waals surface area contributed by atoms with Crippen LogP contribution in [0.5, 0.6) is 34.5 Å². The Balaban J connectivity index is 1.56. The lowest BCUT2D eigenvalue weighted by Gasteiger charge is -2.40. The second-order valence-electron chi connectivity index (χ2n) is 10.5. The molecule has 2 saturated heterocycles. The molecule has 0 spiro atoms. The highest BCUT2D eigenvalue weighted by atomic mass is 16.7. The summed E-state index contributed by atoms with van der Waals surface area (Å²) in [5.41, 5.74) is 0.0851. The van der Waals surface area contributed by atoms with Gasteiger partial charge in [0, 0.05) is 12.1 Å². The maximum atomic E-state index is 10.6. The van der Waals surface area contributed by atoms with E-state index in [2.05, 4.69) is 4.74 Å². The van der Waals surface area contributed by atoms with Crippen molar-refractivity contribution in [2.24, 2.45) is 0 Å².